The smallest absolute Gasteiger partial charge is 0.326 e. The molecule has 0 aliphatic rings. The zero-order valence-electron chi connectivity index (χ0n) is 21.2. The summed E-state index contributed by atoms with van der Waals surface area (Å²) in [5.74, 6) is -4.57. The lowest BCUT2D eigenvalue weighted by atomic mass is 9.98. The summed E-state index contributed by atoms with van der Waals surface area (Å²) in [6.07, 6.45) is 1.51. The van der Waals surface area contributed by atoms with Crippen molar-refractivity contribution >= 4 is 29.7 Å². The fourth-order valence-corrected chi connectivity index (χ4v) is 3.32. The van der Waals surface area contributed by atoms with Crippen LogP contribution in [0.25, 0.3) is 0 Å². The van der Waals surface area contributed by atoms with E-state index in [1.807, 2.05) is 13.8 Å². The van der Waals surface area contributed by atoms with Gasteiger partial charge in [0.2, 0.25) is 17.7 Å². The predicted octanol–water partition coefficient (Wildman–Crippen LogP) is -0.0613. The van der Waals surface area contributed by atoms with E-state index in [0.717, 1.165) is 0 Å². The molecular formula is C23H43N5O7. The van der Waals surface area contributed by atoms with Gasteiger partial charge in [-0.05, 0) is 50.5 Å². The summed E-state index contributed by atoms with van der Waals surface area (Å²) >= 11 is 0. The number of carbonyl (C=O) groups excluding carboxylic acids is 3. The number of aliphatic carboxylic acids is 2. The van der Waals surface area contributed by atoms with E-state index in [0.29, 0.717) is 25.8 Å². The van der Waals surface area contributed by atoms with Crippen molar-refractivity contribution in [2.45, 2.75) is 96.8 Å². The van der Waals surface area contributed by atoms with Crippen molar-refractivity contribution in [3.8, 4) is 0 Å². The van der Waals surface area contributed by atoms with E-state index >= 15 is 0 Å². The molecule has 0 aliphatic carbocycles. The molecular weight excluding hydrogens is 458 g/mol. The van der Waals surface area contributed by atoms with Crippen molar-refractivity contribution in [3.63, 3.8) is 0 Å². The molecule has 0 spiro atoms. The molecule has 35 heavy (non-hydrogen) atoms. The first kappa shape index (κ1) is 32.3. The molecule has 3 amide bonds. The first-order chi connectivity index (χ1) is 16.3. The number of unbranched alkanes of at least 4 members (excludes halogenated alkanes) is 1. The number of hydrogen-bond acceptors (Lipinski definition) is 7. The Hall–Kier alpha value is -2.73. The van der Waals surface area contributed by atoms with E-state index in [9.17, 15) is 29.1 Å². The lowest BCUT2D eigenvalue weighted by Gasteiger charge is -2.26. The van der Waals surface area contributed by atoms with Gasteiger partial charge in [0.25, 0.3) is 0 Å². The van der Waals surface area contributed by atoms with Gasteiger partial charge in [-0.3, -0.25) is 19.2 Å². The van der Waals surface area contributed by atoms with Crippen LogP contribution in [0.1, 0.15) is 72.6 Å². The third-order valence-corrected chi connectivity index (χ3v) is 5.74. The van der Waals surface area contributed by atoms with Crippen LogP contribution in [0.5, 0.6) is 0 Å². The molecule has 5 unspecified atom stereocenters. The number of amides is 3. The molecule has 0 radical (unpaired) electrons. The van der Waals surface area contributed by atoms with Gasteiger partial charge in [-0.25, -0.2) is 4.79 Å². The van der Waals surface area contributed by atoms with Crippen LogP contribution in [0.4, 0.5) is 0 Å². The molecule has 0 aliphatic heterocycles. The lowest BCUT2D eigenvalue weighted by molar-refractivity contribution is -0.143. The average Bonchev–Trinajstić information content (AvgIpc) is 2.78. The van der Waals surface area contributed by atoms with Crippen LogP contribution in [0.15, 0.2) is 0 Å². The highest BCUT2D eigenvalue weighted by molar-refractivity contribution is 5.94. The third-order valence-electron chi connectivity index (χ3n) is 5.74. The maximum absolute atomic E-state index is 13.1. The molecule has 0 aromatic carbocycles. The minimum Gasteiger partial charge on any atom is -0.481 e. The van der Waals surface area contributed by atoms with Gasteiger partial charge in [0.1, 0.15) is 18.1 Å². The van der Waals surface area contributed by atoms with Gasteiger partial charge in [0.15, 0.2) is 0 Å². The number of carboxylic acid groups (broad SMARTS) is 2. The van der Waals surface area contributed by atoms with E-state index in [4.69, 9.17) is 16.6 Å². The summed E-state index contributed by atoms with van der Waals surface area (Å²) in [5.41, 5.74) is 11.5. The van der Waals surface area contributed by atoms with Crippen LogP contribution in [-0.2, 0) is 24.0 Å². The Kier molecular flexibility index (Phi) is 15.5. The molecule has 0 saturated carbocycles. The Balaban J connectivity index is 5.61. The number of hydrogen-bond donors (Lipinski definition) is 7. The molecule has 5 atom stereocenters. The normalized spacial score (nSPS) is 15.4. The number of carbonyl (C=O) groups is 5. The summed E-state index contributed by atoms with van der Waals surface area (Å²) in [6.45, 7) is 7.69. The Morgan fingerprint density at radius 3 is 1.77 bits per heavy atom. The SMILES string of the molecule is CCC(C)C(N)C(=O)NC(CCCCN)C(=O)NC(CCC(=O)O)C(=O)NC(CC(C)C)C(=O)O. The second-order valence-electron chi connectivity index (χ2n) is 9.28. The largest absolute Gasteiger partial charge is 0.481 e. The Morgan fingerprint density at radius 1 is 0.800 bits per heavy atom. The summed E-state index contributed by atoms with van der Waals surface area (Å²) in [4.78, 5) is 61.1. The van der Waals surface area contributed by atoms with Crippen molar-refractivity contribution in [2.75, 3.05) is 6.54 Å². The van der Waals surface area contributed by atoms with Gasteiger partial charge in [-0.2, -0.15) is 0 Å². The van der Waals surface area contributed by atoms with Crippen LogP contribution in [0, 0.1) is 11.8 Å². The molecule has 0 rings (SSSR count). The molecule has 0 bridgehead atoms. The van der Waals surface area contributed by atoms with Gasteiger partial charge in [0.05, 0.1) is 6.04 Å². The summed E-state index contributed by atoms with van der Waals surface area (Å²) in [6, 6.07) is -4.34. The fourth-order valence-electron chi connectivity index (χ4n) is 3.32. The summed E-state index contributed by atoms with van der Waals surface area (Å²) in [7, 11) is 0. The maximum Gasteiger partial charge on any atom is 0.326 e. The average molecular weight is 502 g/mol. The van der Waals surface area contributed by atoms with Gasteiger partial charge in [-0.15, -0.1) is 0 Å². The van der Waals surface area contributed by atoms with E-state index < -0.39 is 60.2 Å². The minimum atomic E-state index is -1.30. The molecule has 0 saturated heterocycles. The number of rotatable bonds is 18. The third kappa shape index (κ3) is 13.1. The van der Waals surface area contributed by atoms with E-state index in [1.165, 1.54) is 0 Å². The molecule has 12 heteroatoms. The highest BCUT2D eigenvalue weighted by atomic mass is 16.4. The van der Waals surface area contributed by atoms with Crippen LogP contribution in [0.2, 0.25) is 0 Å². The number of nitrogens with two attached hydrogens (primary N) is 2. The molecule has 9 N–H and O–H groups in total. The minimum absolute atomic E-state index is 0.0275. The standard InChI is InChI=1S/C23H43N5O7/c1-5-14(4)19(25)22(33)27-15(8-6-7-11-24)20(31)26-16(9-10-18(29)30)21(32)28-17(23(34)35)12-13(2)3/h13-17,19H,5-12,24-25H2,1-4H3,(H,26,31)(H,27,33)(H,28,32)(H,29,30)(H,34,35). The molecule has 202 valence electrons. The second-order valence-corrected chi connectivity index (χ2v) is 9.28. The van der Waals surface area contributed by atoms with Crippen molar-refractivity contribution in [1.82, 2.24) is 16.0 Å². The Morgan fingerprint density at radius 2 is 1.31 bits per heavy atom. The molecule has 0 fully saturated rings. The van der Waals surface area contributed by atoms with Crippen LogP contribution in [-0.4, -0.2) is 70.6 Å². The number of nitrogens with one attached hydrogen (secondary N) is 3. The number of carboxylic acids is 2. The van der Waals surface area contributed by atoms with Crippen LogP contribution >= 0.6 is 0 Å². The maximum atomic E-state index is 13.1. The monoisotopic (exact) mass is 501 g/mol. The van der Waals surface area contributed by atoms with Crippen LogP contribution in [0.3, 0.4) is 0 Å². The van der Waals surface area contributed by atoms with Crippen molar-refractivity contribution in [2.24, 2.45) is 23.3 Å². The van der Waals surface area contributed by atoms with Crippen LogP contribution < -0.4 is 27.4 Å². The quantitative estimate of drug-likeness (QED) is 0.125. The second kappa shape index (κ2) is 16.8. The Labute approximate surface area is 206 Å². The van der Waals surface area contributed by atoms with Crippen molar-refractivity contribution < 1.29 is 34.2 Å². The zero-order valence-corrected chi connectivity index (χ0v) is 21.2. The molecule has 0 aromatic rings. The fraction of sp³-hybridized carbons (Fsp3) is 0.783. The first-order valence-electron chi connectivity index (χ1n) is 12.1. The van der Waals surface area contributed by atoms with Crippen molar-refractivity contribution in [1.29, 1.82) is 0 Å². The first-order valence-corrected chi connectivity index (χ1v) is 12.1. The lowest BCUT2D eigenvalue weighted by Crippen LogP contribution is -2.57. The highest BCUT2D eigenvalue weighted by Crippen LogP contribution is 2.10. The molecule has 12 nitrogen and oxygen atoms in total. The topological polar surface area (TPSA) is 214 Å². The van der Waals surface area contributed by atoms with Gasteiger partial charge < -0.3 is 37.6 Å². The summed E-state index contributed by atoms with van der Waals surface area (Å²) in [5, 5.41) is 26.0. The van der Waals surface area contributed by atoms with Crippen molar-refractivity contribution in [3.05, 3.63) is 0 Å². The van der Waals surface area contributed by atoms with Gasteiger partial charge >= 0.3 is 11.9 Å². The Bertz CT molecular complexity index is 716. The molecule has 0 aromatic heterocycles. The van der Waals surface area contributed by atoms with Gasteiger partial charge in [-0.1, -0.05) is 34.1 Å². The van der Waals surface area contributed by atoms with Gasteiger partial charge in [0, 0.05) is 6.42 Å². The van der Waals surface area contributed by atoms with E-state index in [2.05, 4.69) is 16.0 Å². The van der Waals surface area contributed by atoms with E-state index in [1.54, 1.807) is 13.8 Å². The summed E-state index contributed by atoms with van der Waals surface area (Å²) < 4.78 is 0. The highest BCUT2D eigenvalue weighted by Gasteiger charge is 2.31. The van der Waals surface area contributed by atoms with E-state index in [-0.39, 0.29) is 31.1 Å². The molecule has 0 heterocycles. The predicted molar refractivity (Wildman–Crippen MR) is 130 cm³/mol. The zero-order chi connectivity index (χ0) is 27.1.